The van der Waals surface area contributed by atoms with Crippen molar-refractivity contribution in [1.82, 2.24) is 14.8 Å². The highest BCUT2D eigenvalue weighted by atomic mass is 16.2. The van der Waals surface area contributed by atoms with Crippen molar-refractivity contribution >= 4 is 28.3 Å². The number of amides is 2. The van der Waals surface area contributed by atoms with Gasteiger partial charge < -0.3 is 15.2 Å². The van der Waals surface area contributed by atoms with Gasteiger partial charge in [-0.25, -0.2) is 4.79 Å². The number of anilines is 2. The number of aromatic amines is 1. The summed E-state index contributed by atoms with van der Waals surface area (Å²) in [4.78, 5) is 12.1. The van der Waals surface area contributed by atoms with E-state index in [1.54, 1.807) is 6.20 Å². The molecular weight excluding hydrogens is 302 g/mol. The second-order valence-electron chi connectivity index (χ2n) is 5.39. The van der Waals surface area contributed by atoms with Gasteiger partial charge in [-0.15, -0.1) is 0 Å². The zero-order valence-electron chi connectivity index (χ0n) is 12.7. The number of hydrogen-bond acceptors (Lipinski definition) is 2. The van der Waals surface area contributed by atoms with Crippen molar-refractivity contribution in [1.29, 1.82) is 0 Å². The molecule has 0 atom stereocenters. The van der Waals surface area contributed by atoms with E-state index in [9.17, 15) is 4.79 Å². The number of nitrogens with zero attached hydrogens (tertiary/aromatic N) is 2. The van der Waals surface area contributed by atoms with Crippen molar-refractivity contribution < 1.29 is 4.79 Å². The first-order valence-electron chi connectivity index (χ1n) is 7.52. The standard InChI is InChI=1S/C18H15N5O/c24-18(21-15-4-3-13-12-19-22-17(13)11-15)20-14-5-7-16(8-6-14)23-9-1-2-10-23/h1-12H,(H,19,22)(H2,20,21,24). The molecule has 2 aromatic heterocycles. The van der Waals surface area contributed by atoms with Crippen LogP contribution in [0.4, 0.5) is 16.2 Å². The Labute approximate surface area is 138 Å². The van der Waals surface area contributed by atoms with Crippen LogP contribution < -0.4 is 10.6 Å². The molecule has 0 unspecified atom stereocenters. The maximum atomic E-state index is 12.1. The quantitative estimate of drug-likeness (QED) is 0.534. The van der Waals surface area contributed by atoms with Crippen molar-refractivity contribution in [2.45, 2.75) is 0 Å². The summed E-state index contributed by atoms with van der Waals surface area (Å²) in [6, 6.07) is 16.9. The summed E-state index contributed by atoms with van der Waals surface area (Å²) in [7, 11) is 0. The Morgan fingerprint density at radius 2 is 1.67 bits per heavy atom. The van der Waals surface area contributed by atoms with E-state index < -0.39 is 0 Å². The molecule has 0 spiro atoms. The minimum atomic E-state index is -0.289. The van der Waals surface area contributed by atoms with Gasteiger partial charge in [-0.3, -0.25) is 5.10 Å². The molecule has 6 nitrogen and oxygen atoms in total. The van der Waals surface area contributed by atoms with E-state index >= 15 is 0 Å². The van der Waals surface area contributed by atoms with Crippen LogP contribution >= 0.6 is 0 Å². The van der Waals surface area contributed by atoms with Crippen LogP contribution in [-0.2, 0) is 0 Å². The largest absolute Gasteiger partial charge is 0.324 e. The predicted octanol–water partition coefficient (Wildman–Crippen LogP) is 4.00. The average molecular weight is 317 g/mol. The number of rotatable bonds is 3. The van der Waals surface area contributed by atoms with Crippen LogP contribution in [0.15, 0.2) is 73.2 Å². The fourth-order valence-corrected chi connectivity index (χ4v) is 2.53. The van der Waals surface area contributed by atoms with E-state index in [1.165, 1.54) is 0 Å². The molecule has 0 radical (unpaired) electrons. The minimum Gasteiger partial charge on any atom is -0.324 e. The third-order valence-corrected chi connectivity index (χ3v) is 3.73. The third-order valence-electron chi connectivity index (χ3n) is 3.73. The molecule has 0 aliphatic rings. The van der Waals surface area contributed by atoms with Crippen molar-refractivity contribution in [3.05, 3.63) is 73.2 Å². The van der Waals surface area contributed by atoms with Crippen molar-refractivity contribution in [3.63, 3.8) is 0 Å². The molecule has 2 heterocycles. The highest BCUT2D eigenvalue weighted by molar-refractivity contribution is 6.00. The van der Waals surface area contributed by atoms with Crippen molar-refractivity contribution in [3.8, 4) is 5.69 Å². The summed E-state index contributed by atoms with van der Waals surface area (Å²) >= 11 is 0. The minimum absolute atomic E-state index is 0.289. The lowest BCUT2D eigenvalue weighted by molar-refractivity contribution is 0.262. The monoisotopic (exact) mass is 317 g/mol. The zero-order valence-corrected chi connectivity index (χ0v) is 12.7. The first-order chi connectivity index (χ1) is 11.8. The van der Waals surface area contributed by atoms with Gasteiger partial charge in [0.05, 0.1) is 11.7 Å². The highest BCUT2D eigenvalue weighted by Gasteiger charge is 2.04. The van der Waals surface area contributed by atoms with Gasteiger partial charge in [-0.2, -0.15) is 5.10 Å². The van der Waals surface area contributed by atoms with Crippen LogP contribution in [0.3, 0.4) is 0 Å². The van der Waals surface area contributed by atoms with Gasteiger partial charge in [0.1, 0.15) is 0 Å². The highest BCUT2D eigenvalue weighted by Crippen LogP contribution is 2.17. The molecule has 0 fully saturated rings. The zero-order chi connectivity index (χ0) is 16.4. The van der Waals surface area contributed by atoms with Crippen LogP contribution in [-0.4, -0.2) is 20.8 Å². The summed E-state index contributed by atoms with van der Waals surface area (Å²) in [6.45, 7) is 0. The van der Waals surface area contributed by atoms with Gasteiger partial charge in [-0.1, -0.05) is 0 Å². The second kappa shape index (κ2) is 5.92. The third kappa shape index (κ3) is 2.85. The summed E-state index contributed by atoms with van der Waals surface area (Å²) in [5.74, 6) is 0. The molecule has 3 N–H and O–H groups in total. The lowest BCUT2D eigenvalue weighted by atomic mass is 10.2. The molecule has 118 valence electrons. The van der Waals surface area contributed by atoms with E-state index in [0.29, 0.717) is 5.69 Å². The number of hydrogen-bond donors (Lipinski definition) is 3. The normalized spacial score (nSPS) is 10.7. The molecule has 4 rings (SSSR count). The molecule has 0 saturated carbocycles. The summed E-state index contributed by atoms with van der Waals surface area (Å²) < 4.78 is 2.00. The number of urea groups is 1. The molecule has 0 saturated heterocycles. The predicted molar refractivity (Wildman–Crippen MR) is 94.5 cm³/mol. The molecule has 0 aliphatic heterocycles. The first kappa shape index (κ1) is 14.1. The topological polar surface area (TPSA) is 74.7 Å². The van der Waals surface area contributed by atoms with Crippen molar-refractivity contribution in [2.24, 2.45) is 0 Å². The van der Waals surface area contributed by atoms with Gasteiger partial charge in [0.2, 0.25) is 0 Å². The van der Waals surface area contributed by atoms with Gasteiger partial charge in [0, 0.05) is 34.8 Å². The van der Waals surface area contributed by atoms with Crippen LogP contribution in [0.1, 0.15) is 0 Å². The summed E-state index contributed by atoms with van der Waals surface area (Å²) in [5, 5.41) is 13.5. The van der Waals surface area contributed by atoms with Crippen LogP contribution in [0, 0.1) is 0 Å². The fourth-order valence-electron chi connectivity index (χ4n) is 2.53. The Hall–Kier alpha value is -3.54. The molecule has 0 bridgehead atoms. The van der Waals surface area contributed by atoms with Crippen molar-refractivity contribution in [2.75, 3.05) is 10.6 Å². The molecular formula is C18H15N5O. The summed E-state index contributed by atoms with van der Waals surface area (Å²) in [6.07, 6.45) is 5.69. The van der Waals surface area contributed by atoms with E-state index in [0.717, 1.165) is 22.3 Å². The number of benzene rings is 2. The number of carbonyl (C=O) groups is 1. The number of carbonyl (C=O) groups excluding carboxylic acids is 1. The average Bonchev–Trinajstić information content (AvgIpc) is 3.26. The molecule has 6 heteroatoms. The maximum absolute atomic E-state index is 12.1. The van der Waals surface area contributed by atoms with E-state index in [1.807, 2.05) is 71.6 Å². The first-order valence-corrected chi connectivity index (χ1v) is 7.52. The van der Waals surface area contributed by atoms with E-state index in [2.05, 4.69) is 20.8 Å². The molecule has 24 heavy (non-hydrogen) atoms. The number of H-pyrrole nitrogens is 1. The number of nitrogens with one attached hydrogen (secondary N) is 3. The molecule has 4 aromatic rings. The van der Waals surface area contributed by atoms with Gasteiger partial charge in [-0.05, 0) is 54.6 Å². The SMILES string of the molecule is O=C(Nc1ccc(-n2cccc2)cc1)Nc1ccc2cn[nH]c2c1. The smallest absolute Gasteiger partial charge is 0.323 e. The Bertz CT molecular complexity index is 970. The molecule has 2 amide bonds. The lowest BCUT2D eigenvalue weighted by Crippen LogP contribution is -2.19. The molecule has 0 aliphatic carbocycles. The van der Waals surface area contributed by atoms with Crippen LogP contribution in [0.25, 0.3) is 16.6 Å². The Kier molecular flexibility index (Phi) is 3.47. The van der Waals surface area contributed by atoms with Gasteiger partial charge in [0.15, 0.2) is 0 Å². The van der Waals surface area contributed by atoms with E-state index in [-0.39, 0.29) is 6.03 Å². The van der Waals surface area contributed by atoms with Crippen LogP contribution in [0.2, 0.25) is 0 Å². The summed E-state index contributed by atoms with van der Waals surface area (Å²) in [5.41, 5.74) is 3.35. The number of fused-ring (bicyclic) bond motifs is 1. The lowest BCUT2D eigenvalue weighted by Gasteiger charge is -2.09. The maximum Gasteiger partial charge on any atom is 0.323 e. The Morgan fingerprint density at radius 1 is 0.958 bits per heavy atom. The fraction of sp³-hybridized carbons (Fsp3) is 0. The van der Waals surface area contributed by atoms with Crippen LogP contribution in [0.5, 0.6) is 0 Å². The Morgan fingerprint density at radius 3 is 2.46 bits per heavy atom. The van der Waals surface area contributed by atoms with E-state index in [4.69, 9.17) is 0 Å². The second-order valence-corrected chi connectivity index (χ2v) is 5.39. The van der Waals surface area contributed by atoms with Gasteiger partial charge >= 0.3 is 6.03 Å². The Balaban J connectivity index is 1.43. The molecule has 2 aromatic carbocycles. The number of aromatic nitrogens is 3. The van der Waals surface area contributed by atoms with Gasteiger partial charge in [0.25, 0.3) is 0 Å².